The molecule has 18 nitrogen and oxygen atoms in total. The molecule has 0 aliphatic heterocycles. The van der Waals surface area contributed by atoms with Crippen molar-refractivity contribution in [2.45, 2.75) is 46.6 Å². The molecule has 10 aromatic rings. The quantitative estimate of drug-likeness (QED) is 0.0520. The van der Waals surface area contributed by atoms with Gasteiger partial charge in [0.05, 0.1) is 22.2 Å². The second kappa shape index (κ2) is 21.0. The van der Waals surface area contributed by atoms with Crippen LogP contribution in [0.15, 0.2) is 110 Å². The first kappa shape index (κ1) is 51.0. The van der Waals surface area contributed by atoms with Crippen LogP contribution in [0.3, 0.4) is 0 Å². The minimum absolute atomic E-state index is 0.00284. The number of nitrogen functional groups attached to an aromatic ring is 2. The highest BCUT2D eigenvalue weighted by Crippen LogP contribution is 2.47. The molecule has 1 atom stereocenters. The number of terminal acetylenes is 1. The van der Waals surface area contributed by atoms with E-state index in [0.29, 0.717) is 96.8 Å². The summed E-state index contributed by atoms with van der Waals surface area (Å²) in [5.41, 5.74) is 23.0. The smallest absolute Gasteiger partial charge is 0.322 e. The molecule has 1 unspecified atom stereocenters. The number of halogens is 2. The lowest BCUT2D eigenvalue weighted by Gasteiger charge is -2.20. The van der Waals surface area contributed by atoms with E-state index in [9.17, 15) is 10.1 Å². The number of anilines is 2. The van der Waals surface area contributed by atoms with Crippen LogP contribution in [0.25, 0.3) is 72.9 Å². The van der Waals surface area contributed by atoms with E-state index in [1.807, 2.05) is 55.2 Å². The maximum absolute atomic E-state index is 16.5. The maximum atomic E-state index is 16.5. The molecule has 10 rings (SSSR count). The summed E-state index contributed by atoms with van der Waals surface area (Å²) in [7, 11) is 3.29. The number of pyridine rings is 1. The van der Waals surface area contributed by atoms with Crippen LogP contribution in [0.2, 0.25) is 0 Å². The van der Waals surface area contributed by atoms with Crippen molar-refractivity contribution in [2.75, 3.05) is 18.5 Å². The van der Waals surface area contributed by atoms with E-state index in [1.54, 1.807) is 55.7 Å². The summed E-state index contributed by atoms with van der Waals surface area (Å²) in [6.07, 6.45) is 15.7. The fraction of sp³-hybridized carbons (Fsp3) is 0.155. The van der Waals surface area contributed by atoms with E-state index in [2.05, 4.69) is 51.1 Å². The van der Waals surface area contributed by atoms with Crippen LogP contribution in [-0.2, 0) is 18.3 Å². The zero-order chi connectivity index (χ0) is 54.9. The van der Waals surface area contributed by atoms with Crippen molar-refractivity contribution < 1.29 is 23.0 Å². The Bertz CT molecular complexity index is 4180. The molecule has 20 heteroatoms. The second-order valence-electron chi connectivity index (χ2n) is 18.3. The van der Waals surface area contributed by atoms with Gasteiger partial charge in [-0.25, -0.2) is 48.7 Å². The number of rotatable bonds is 14. The van der Waals surface area contributed by atoms with Gasteiger partial charge >= 0.3 is 12.0 Å². The van der Waals surface area contributed by atoms with Crippen molar-refractivity contribution >= 4 is 45.7 Å². The molecule has 5 N–H and O–H groups in total. The van der Waals surface area contributed by atoms with Crippen molar-refractivity contribution in [3.05, 3.63) is 155 Å². The van der Waals surface area contributed by atoms with Crippen LogP contribution in [0.1, 0.15) is 53.2 Å². The van der Waals surface area contributed by atoms with E-state index in [4.69, 9.17) is 32.3 Å². The van der Waals surface area contributed by atoms with Crippen LogP contribution >= 0.6 is 0 Å². The van der Waals surface area contributed by atoms with E-state index in [1.165, 1.54) is 56.2 Å². The van der Waals surface area contributed by atoms with Gasteiger partial charge < -0.3 is 35.4 Å². The zero-order valence-corrected chi connectivity index (χ0v) is 43.0. The Kier molecular flexibility index (Phi) is 13.8. The average Bonchev–Trinajstić information content (AvgIpc) is 4.17. The third-order valence-corrected chi connectivity index (χ3v) is 13.3. The lowest BCUT2D eigenvalue weighted by Crippen LogP contribution is -2.19. The van der Waals surface area contributed by atoms with Crippen LogP contribution in [0, 0.1) is 56.1 Å². The Morgan fingerprint density at radius 3 is 1.99 bits per heavy atom. The molecule has 7 heterocycles. The molecule has 7 aromatic heterocycles. The Labute approximate surface area is 445 Å². The van der Waals surface area contributed by atoms with Crippen molar-refractivity contribution in [2.24, 2.45) is 7.05 Å². The molecule has 0 spiro atoms. The normalized spacial score (nSPS) is 11.8. The number of likely N-dealkylation sites (N-methyl/N-ethyl adjacent to an activating group) is 1. The summed E-state index contributed by atoms with van der Waals surface area (Å²) in [6.45, 7) is 7.62. The number of aryl methyl sites for hydroxylation is 5. The van der Waals surface area contributed by atoms with Gasteiger partial charge in [-0.05, 0) is 117 Å². The minimum atomic E-state index is -0.699. The van der Waals surface area contributed by atoms with E-state index >= 15 is 8.78 Å². The Morgan fingerprint density at radius 2 is 1.38 bits per heavy atom. The number of nitrogens with one attached hydrogen (secondary N) is 1. The lowest BCUT2D eigenvalue weighted by molar-refractivity contribution is -0.116. The summed E-state index contributed by atoms with van der Waals surface area (Å²) in [6, 6.07) is 21.5. The van der Waals surface area contributed by atoms with Crippen LogP contribution in [0.5, 0.6) is 23.5 Å². The highest BCUT2D eigenvalue weighted by molar-refractivity contribution is 6.09. The lowest BCUT2D eigenvalue weighted by atomic mass is 9.94. The Morgan fingerprint density at radius 1 is 0.769 bits per heavy atom. The number of fused-ring (bicyclic) bond motifs is 2. The number of carbonyl (C=O) groups excluding carboxylic acids is 1. The molecular formula is C58H47F2N15O3. The van der Waals surface area contributed by atoms with Crippen molar-refractivity contribution in [1.82, 2.24) is 59.3 Å². The largest absolute Gasteiger partial charge is 0.421 e. The van der Waals surface area contributed by atoms with Crippen molar-refractivity contribution in [1.29, 1.82) is 5.26 Å². The number of nitrogens with zero attached hydrogens (tertiary/aromatic N) is 12. The van der Waals surface area contributed by atoms with Gasteiger partial charge in [-0.2, -0.15) is 10.2 Å². The molecule has 0 fully saturated rings. The fourth-order valence-electron chi connectivity index (χ4n) is 9.58. The summed E-state index contributed by atoms with van der Waals surface area (Å²) in [5.74, 6) is 0.916. The number of hydrogen-bond donors (Lipinski definition) is 3. The highest BCUT2D eigenvalue weighted by atomic mass is 19.1. The van der Waals surface area contributed by atoms with Crippen molar-refractivity contribution in [3.8, 4) is 86.7 Å². The molecule has 1 amide bonds. The predicted molar refractivity (Wildman–Crippen MR) is 291 cm³/mol. The number of hydrogen-bond acceptors (Lipinski definition) is 15. The molecular weight excluding hydrogens is 993 g/mol. The SMILES string of the molecule is C#Cc1cc(C)c(-c2c(-c3ccc(Oc4nccc(C)n4)c(F)c3)c3c(N)ncnc3n2C(C)CCc2ccnc(Oc3ccc(-c4c(-c5ccc(/C=C(\C#N)C(=O)NC)cc5C)n(C)c5ncnc(N)c45)cc3F)n2)cn1. The molecule has 3 aromatic carbocycles. The first-order valence-electron chi connectivity index (χ1n) is 24.3. The third kappa shape index (κ3) is 9.61. The number of amides is 1. The predicted octanol–water partition coefficient (Wildman–Crippen LogP) is 10.1. The Balaban J connectivity index is 0.957. The van der Waals surface area contributed by atoms with E-state index < -0.39 is 17.5 Å². The summed E-state index contributed by atoms with van der Waals surface area (Å²) in [4.78, 5) is 52.1. The number of carbonyl (C=O) groups is 1. The van der Waals surface area contributed by atoms with Crippen LogP contribution in [-0.4, -0.2) is 66.9 Å². The average molecular weight is 1040 g/mol. The molecule has 78 heavy (non-hydrogen) atoms. The second-order valence-corrected chi connectivity index (χ2v) is 18.3. The molecule has 0 saturated heterocycles. The van der Waals surface area contributed by atoms with Crippen LogP contribution in [0.4, 0.5) is 20.4 Å². The Hall–Kier alpha value is -10.5. The maximum Gasteiger partial charge on any atom is 0.322 e. The van der Waals surface area contributed by atoms with Gasteiger partial charge in [-0.1, -0.05) is 36.3 Å². The van der Waals surface area contributed by atoms with Gasteiger partial charge in [0.2, 0.25) is 0 Å². The van der Waals surface area contributed by atoms with Gasteiger partial charge in [0.15, 0.2) is 23.1 Å². The highest BCUT2D eigenvalue weighted by Gasteiger charge is 2.29. The molecule has 0 aliphatic rings. The van der Waals surface area contributed by atoms with Gasteiger partial charge in [0, 0.05) is 72.4 Å². The first-order chi connectivity index (χ1) is 37.6. The minimum Gasteiger partial charge on any atom is -0.421 e. The number of nitriles is 1. The van der Waals surface area contributed by atoms with E-state index in [-0.39, 0.29) is 46.8 Å². The summed E-state index contributed by atoms with van der Waals surface area (Å²) < 4.78 is 48.3. The standard InChI is InChI=1S/C58H47F2N15O3/c1-8-38-22-31(3)41(27-67-38)51-47(36-12-16-44(43(60)25-36)77-57-65-19-17-32(4)72-57)49-53(63)69-29-71-55(49)75(51)33(5)9-13-39-18-20-66-58(73-39)78-45-15-11-35(24-42(45)59)46-48-52(62)68-28-70-54(48)74(7)50(46)40-14-10-34(21-30(40)2)23-37(26-61)56(76)64-6/h1,10-12,14-25,27-29,33H,9,13H2,2-7H3,(H,64,76)(H2,62,68,70)(H2,63,69,71)/b37-23+. The molecule has 0 saturated carbocycles. The van der Waals surface area contributed by atoms with Gasteiger partial charge in [-0.3, -0.25) is 4.79 Å². The van der Waals surface area contributed by atoms with Crippen LogP contribution < -0.4 is 26.3 Å². The third-order valence-electron chi connectivity index (χ3n) is 13.3. The molecule has 0 aliphatic carbocycles. The molecule has 0 radical (unpaired) electrons. The van der Waals surface area contributed by atoms with Gasteiger partial charge in [-0.15, -0.1) is 6.42 Å². The first-order valence-corrected chi connectivity index (χ1v) is 24.3. The molecule has 0 bridgehead atoms. The van der Waals surface area contributed by atoms with Gasteiger partial charge in [0.25, 0.3) is 5.91 Å². The number of ether oxygens (including phenoxy) is 2. The fourth-order valence-corrected chi connectivity index (χ4v) is 9.58. The number of benzene rings is 3. The van der Waals surface area contributed by atoms with E-state index in [0.717, 1.165) is 16.7 Å². The number of aromatic nitrogens is 11. The monoisotopic (exact) mass is 1040 g/mol. The van der Waals surface area contributed by atoms with Crippen molar-refractivity contribution in [3.63, 3.8) is 0 Å². The summed E-state index contributed by atoms with van der Waals surface area (Å²) >= 11 is 0. The molecule has 386 valence electrons. The topological polar surface area (TPSA) is 249 Å². The number of nitrogens with two attached hydrogens (primary N) is 2. The van der Waals surface area contributed by atoms with Gasteiger partial charge in [0.1, 0.15) is 52.9 Å². The zero-order valence-electron chi connectivity index (χ0n) is 43.0. The summed E-state index contributed by atoms with van der Waals surface area (Å²) in [5, 5.41) is 13.1.